The van der Waals surface area contributed by atoms with Crippen molar-refractivity contribution in [1.29, 1.82) is 0 Å². The molecule has 368 valence electrons. The lowest BCUT2D eigenvalue weighted by Gasteiger charge is -2.49. The molecule has 1 aliphatic rings. The van der Waals surface area contributed by atoms with E-state index in [0.29, 0.717) is 38.2 Å². The van der Waals surface area contributed by atoms with Gasteiger partial charge in [0.2, 0.25) is 17.7 Å². The molecule has 0 aliphatic carbocycles. The van der Waals surface area contributed by atoms with E-state index in [1.54, 1.807) is 0 Å². The Morgan fingerprint density at radius 1 is 0.594 bits per heavy atom. The molecule has 0 bridgehead atoms. The van der Waals surface area contributed by atoms with Gasteiger partial charge in [0.05, 0.1) is 5.60 Å². The largest absolute Gasteiger partial charge is 0.375 e. The van der Waals surface area contributed by atoms with Crippen LogP contribution in [0.1, 0.15) is 229 Å². The van der Waals surface area contributed by atoms with Crippen molar-refractivity contribution in [2.75, 3.05) is 13.2 Å². The minimum Gasteiger partial charge on any atom is -0.375 e. The fourth-order valence-corrected chi connectivity index (χ4v) is 11.7. The number of thiol groups is 1. The van der Waals surface area contributed by atoms with Gasteiger partial charge in [-0.25, -0.2) is 0 Å². The Labute approximate surface area is 399 Å². The normalized spacial score (nSPS) is 16.6. The molecule has 1 aliphatic heterocycles. The smallest absolute Gasteiger partial charge is 0.234 e. The van der Waals surface area contributed by atoms with Crippen molar-refractivity contribution in [3.05, 3.63) is 35.4 Å². The summed E-state index contributed by atoms with van der Waals surface area (Å²) in [6.07, 6.45) is 5.58. The lowest BCUT2D eigenvalue weighted by molar-refractivity contribution is -0.158. The summed E-state index contributed by atoms with van der Waals surface area (Å²) in [5, 5.41) is 3.54. The summed E-state index contributed by atoms with van der Waals surface area (Å²) in [5.41, 5.74) is -2.00. The fraction of sp³-hybridized carbons (Fsp3) is 0.821. The summed E-state index contributed by atoms with van der Waals surface area (Å²) in [7, 11) is 0. The van der Waals surface area contributed by atoms with Gasteiger partial charge in [0, 0.05) is 51.5 Å². The van der Waals surface area contributed by atoms with E-state index in [0.717, 1.165) is 37.7 Å². The Morgan fingerprint density at radius 2 is 1.03 bits per heavy atom. The number of hydrogen-bond acceptors (Lipinski definition) is 6. The van der Waals surface area contributed by atoms with Gasteiger partial charge >= 0.3 is 0 Å². The van der Waals surface area contributed by atoms with Crippen LogP contribution in [0, 0.1) is 37.9 Å². The molecule has 0 radical (unpaired) electrons. The van der Waals surface area contributed by atoms with Crippen molar-refractivity contribution in [3.8, 4) is 0 Å². The highest BCUT2D eigenvalue weighted by atomic mass is 32.1. The number of benzene rings is 1. The number of carbonyl (C=O) groups is 4. The van der Waals surface area contributed by atoms with E-state index in [1.165, 1.54) is 10.5 Å². The number of hydrogen-bond donors (Lipinski definition) is 2. The number of rotatable bonds is 24. The third kappa shape index (κ3) is 14.2. The fourth-order valence-electron chi connectivity index (χ4n) is 11.3. The standard InChI is InChI=1S/C56H98N2O5S/c1-25-56(24,38-46(4,5)40-28-26-39(27-29-40)45(2,3)34-50(12,13)44(62)58-32-30-41(58)59)57-43(61)49(10,11)36-53(18,19)55(22,23)63-33-31-51(14,15)52(16,17)35-47(6,7)42(60)48(8,9)37-54(20,21)64/h26-29,64H,25,30-38H2,1-24H3,(H,57,61). The monoisotopic (exact) mass is 911 g/mol. The molecule has 1 atom stereocenters. The number of carbonyl (C=O) groups excluding carboxylic acids is 4. The van der Waals surface area contributed by atoms with E-state index in [9.17, 15) is 19.2 Å². The average Bonchev–Trinajstić information content (AvgIpc) is 3.07. The third-order valence-electron chi connectivity index (χ3n) is 16.2. The maximum atomic E-state index is 14.4. The number of imide groups is 1. The molecule has 1 aromatic carbocycles. The molecule has 0 spiro atoms. The van der Waals surface area contributed by atoms with Crippen LogP contribution in [0.15, 0.2) is 24.3 Å². The van der Waals surface area contributed by atoms with E-state index in [4.69, 9.17) is 17.4 Å². The first kappa shape index (κ1) is 57.9. The predicted molar refractivity (Wildman–Crippen MR) is 273 cm³/mol. The highest BCUT2D eigenvalue weighted by Gasteiger charge is 2.49. The molecule has 8 heteroatoms. The van der Waals surface area contributed by atoms with Crippen molar-refractivity contribution in [2.24, 2.45) is 37.9 Å². The molecule has 0 aromatic heterocycles. The molecule has 2 rings (SSSR count). The van der Waals surface area contributed by atoms with Crippen molar-refractivity contribution in [1.82, 2.24) is 10.2 Å². The number of ether oxygens (including phenoxy) is 1. The maximum absolute atomic E-state index is 14.4. The van der Waals surface area contributed by atoms with E-state index in [2.05, 4.69) is 182 Å². The van der Waals surface area contributed by atoms with Gasteiger partial charge in [-0.15, -0.1) is 0 Å². The quantitative estimate of drug-likeness (QED) is 0.0796. The Kier molecular flexibility index (Phi) is 17.3. The summed E-state index contributed by atoms with van der Waals surface area (Å²) >= 11 is 4.76. The summed E-state index contributed by atoms with van der Waals surface area (Å²) in [6, 6.07) is 8.77. The number of Topliss-reactive ketones (excluding diaryl/α,β-unsaturated/α-hetero) is 1. The van der Waals surface area contributed by atoms with Gasteiger partial charge in [0.25, 0.3) is 0 Å². The number of nitrogens with one attached hydrogen (secondary N) is 1. The second-order valence-electron chi connectivity index (χ2n) is 27.6. The van der Waals surface area contributed by atoms with Gasteiger partial charge in [-0.1, -0.05) is 170 Å². The first-order chi connectivity index (χ1) is 28.2. The van der Waals surface area contributed by atoms with Crippen LogP contribution in [-0.2, 0) is 34.7 Å². The molecule has 1 aromatic rings. The summed E-state index contributed by atoms with van der Waals surface area (Å²) in [5.74, 6) is 0.175. The SMILES string of the molecule is CCC(C)(CC(C)(C)c1ccc(C(C)(C)CC(C)(C)C(=O)N2CCC2=O)cc1)NC(=O)C(C)(C)CC(C)(C)C(C)(C)OCCC(C)(C)C(C)(C)CC(C)(C)C(=O)C(C)(C)CC(C)(C)S. The molecule has 3 amide bonds. The van der Waals surface area contributed by atoms with Crippen LogP contribution in [0.5, 0.6) is 0 Å². The topological polar surface area (TPSA) is 92.8 Å². The van der Waals surface area contributed by atoms with Gasteiger partial charge < -0.3 is 10.1 Å². The van der Waals surface area contributed by atoms with Crippen LogP contribution in [0.4, 0.5) is 0 Å². The van der Waals surface area contributed by atoms with Gasteiger partial charge in [0.15, 0.2) is 0 Å². The lowest BCUT2D eigenvalue weighted by Crippen LogP contribution is -2.54. The Balaban J connectivity index is 2.13. The number of β-lactam (4-membered cyclic amide) rings is 1. The lowest BCUT2D eigenvalue weighted by atomic mass is 9.57. The molecule has 7 nitrogen and oxygen atoms in total. The molecule has 64 heavy (non-hydrogen) atoms. The molecular formula is C56H98N2O5S. The number of nitrogens with zero attached hydrogens (tertiary/aromatic N) is 1. The summed E-state index contributed by atoms with van der Waals surface area (Å²) < 4.78 is 6.59. The minimum absolute atomic E-state index is 0.0480. The zero-order valence-electron chi connectivity index (χ0n) is 45.8. The van der Waals surface area contributed by atoms with Gasteiger partial charge in [0.1, 0.15) is 5.78 Å². The molecular weight excluding hydrogens is 813 g/mol. The van der Waals surface area contributed by atoms with Crippen molar-refractivity contribution in [3.63, 3.8) is 0 Å². The van der Waals surface area contributed by atoms with Crippen LogP contribution >= 0.6 is 12.6 Å². The Bertz CT molecular complexity index is 1820. The summed E-state index contributed by atoms with van der Waals surface area (Å²) in [6.45, 7) is 52.8. The second kappa shape index (κ2) is 19.1. The Morgan fingerprint density at radius 3 is 1.44 bits per heavy atom. The van der Waals surface area contributed by atoms with Gasteiger partial charge in [-0.3, -0.25) is 24.1 Å². The van der Waals surface area contributed by atoms with Crippen LogP contribution in [0.3, 0.4) is 0 Å². The molecule has 1 unspecified atom stereocenters. The van der Waals surface area contributed by atoms with Crippen molar-refractivity contribution >= 4 is 36.1 Å². The van der Waals surface area contributed by atoms with E-state index >= 15 is 0 Å². The van der Waals surface area contributed by atoms with Crippen LogP contribution in [0.2, 0.25) is 0 Å². The number of ketones is 1. The molecule has 0 saturated carbocycles. The minimum atomic E-state index is -0.664. The van der Waals surface area contributed by atoms with Crippen LogP contribution in [0.25, 0.3) is 0 Å². The predicted octanol–water partition coefficient (Wildman–Crippen LogP) is 13.9. The van der Waals surface area contributed by atoms with Crippen LogP contribution < -0.4 is 5.32 Å². The first-order valence-electron chi connectivity index (χ1n) is 24.4. The van der Waals surface area contributed by atoms with Crippen molar-refractivity contribution in [2.45, 2.75) is 244 Å². The molecule has 1 N–H and O–H groups in total. The van der Waals surface area contributed by atoms with E-state index in [-0.39, 0.29) is 49.5 Å². The zero-order valence-corrected chi connectivity index (χ0v) is 46.7. The Hall–Kier alpha value is -2.19. The second-order valence-corrected chi connectivity index (χ2v) is 28.8. The zero-order chi connectivity index (χ0) is 50.4. The first-order valence-corrected chi connectivity index (χ1v) is 24.9. The van der Waals surface area contributed by atoms with Crippen LogP contribution in [-0.4, -0.2) is 57.4 Å². The molecule has 1 heterocycles. The molecule has 1 fully saturated rings. The number of likely N-dealkylation sites (tertiary alicyclic amines) is 1. The number of amides is 3. The van der Waals surface area contributed by atoms with E-state index < -0.39 is 32.8 Å². The summed E-state index contributed by atoms with van der Waals surface area (Å²) in [4.78, 5) is 55.0. The third-order valence-corrected chi connectivity index (χ3v) is 16.3. The molecule has 1 saturated heterocycles. The maximum Gasteiger partial charge on any atom is 0.234 e. The average molecular weight is 911 g/mol. The van der Waals surface area contributed by atoms with Gasteiger partial charge in [-0.2, -0.15) is 12.6 Å². The highest BCUT2D eigenvalue weighted by Crippen LogP contribution is 2.52. The van der Waals surface area contributed by atoms with E-state index in [1.807, 2.05) is 13.8 Å². The van der Waals surface area contributed by atoms with Crippen molar-refractivity contribution < 1.29 is 23.9 Å². The van der Waals surface area contributed by atoms with Gasteiger partial charge in [-0.05, 0) is 104 Å². The highest BCUT2D eigenvalue weighted by molar-refractivity contribution is 7.81.